The fraction of sp³-hybridized carbons (Fsp3) is 0.0323. The van der Waals surface area contributed by atoms with E-state index in [1.165, 1.54) is 65.7 Å². The SMILES string of the molecule is C=C(c1ccccc1C)c1oc2c(N(c3ccccc3)c3cccc4c3c3cccc5c6c(-c7ccccc7)c7c(c(-c8ccccc8)c6n4c35)c3cccc4c5c(N(c6ccccc6)c6cccc8c6oc6c(-c9ccccc9C)cccc68)cccc5n7c43)cccc2c1/C=C\C. The second-order valence-electron chi connectivity index (χ2n) is 26.2. The zero-order valence-corrected chi connectivity index (χ0v) is 54.8. The van der Waals surface area contributed by atoms with Crippen LogP contribution < -0.4 is 9.80 Å². The first-order valence-corrected chi connectivity index (χ1v) is 34.1. The van der Waals surface area contributed by atoms with Crippen LogP contribution in [-0.4, -0.2) is 8.80 Å². The molecule has 0 aliphatic rings. The van der Waals surface area contributed by atoms with Crippen LogP contribution >= 0.6 is 0 Å². The molecule has 0 radical (unpaired) electrons. The normalized spacial score (nSPS) is 12.2. The maximum absolute atomic E-state index is 7.31. The Bertz CT molecular complexity index is 6710. The quantitative estimate of drug-likeness (QED) is 0.122. The number of hydrogen-bond donors (Lipinski definition) is 0. The molecule has 0 amide bonds. The summed E-state index contributed by atoms with van der Waals surface area (Å²) in [5.74, 6) is 0.758. The number of nitrogens with zero attached hydrogens (tertiary/aromatic N) is 4. The van der Waals surface area contributed by atoms with Gasteiger partial charge in [0.2, 0.25) is 0 Å². The third kappa shape index (κ3) is 8.06. The van der Waals surface area contributed by atoms with Crippen LogP contribution in [0.15, 0.2) is 319 Å². The monoisotopic (exact) mass is 1270 g/mol. The van der Waals surface area contributed by atoms with Crippen molar-refractivity contribution >= 4 is 155 Å². The number of para-hydroxylation sites is 7. The Balaban J connectivity index is 0.886. The molecule has 0 unspecified atom stereocenters. The molecular weight excluding hydrogens is 1210 g/mol. The average molecular weight is 1270 g/mol. The van der Waals surface area contributed by atoms with E-state index in [0.717, 1.165) is 145 Å². The lowest BCUT2D eigenvalue weighted by molar-refractivity contribution is 0.600. The van der Waals surface area contributed by atoms with E-state index < -0.39 is 0 Å². The summed E-state index contributed by atoms with van der Waals surface area (Å²) >= 11 is 0. The summed E-state index contributed by atoms with van der Waals surface area (Å²) < 4.78 is 19.8. The third-order valence-corrected chi connectivity index (χ3v) is 20.9. The smallest absolute Gasteiger partial charge is 0.159 e. The van der Waals surface area contributed by atoms with Crippen LogP contribution in [0.1, 0.15) is 34.9 Å². The van der Waals surface area contributed by atoms with Crippen molar-refractivity contribution in [1.29, 1.82) is 0 Å². The van der Waals surface area contributed by atoms with Crippen molar-refractivity contribution in [3.63, 3.8) is 0 Å². The zero-order valence-electron chi connectivity index (χ0n) is 54.8. The Morgan fingerprint density at radius 1 is 0.343 bits per heavy atom. The maximum atomic E-state index is 7.31. The molecule has 20 rings (SSSR count). The fourth-order valence-electron chi connectivity index (χ4n) is 16.8. The lowest BCUT2D eigenvalue weighted by atomic mass is 9.89. The van der Waals surface area contributed by atoms with Crippen LogP contribution in [0, 0.1) is 13.8 Å². The Morgan fingerprint density at radius 2 is 0.747 bits per heavy atom. The van der Waals surface area contributed by atoms with Gasteiger partial charge >= 0.3 is 0 Å². The molecule has 6 aromatic heterocycles. The van der Waals surface area contributed by atoms with Crippen molar-refractivity contribution in [2.45, 2.75) is 20.8 Å². The van der Waals surface area contributed by atoms with Gasteiger partial charge in [0.1, 0.15) is 11.3 Å². The number of hydrogen-bond acceptors (Lipinski definition) is 4. The van der Waals surface area contributed by atoms with Gasteiger partial charge in [0.15, 0.2) is 11.2 Å². The Labute approximate surface area is 571 Å². The summed E-state index contributed by atoms with van der Waals surface area (Å²) in [6, 6.07) is 108. The number of allylic oxidation sites excluding steroid dienone is 1. The predicted octanol–water partition coefficient (Wildman–Crippen LogP) is 26.3. The van der Waals surface area contributed by atoms with Gasteiger partial charge in [-0.15, -0.1) is 0 Å². The average Bonchev–Trinajstić information content (AvgIpc) is 1.43. The first-order valence-electron chi connectivity index (χ1n) is 34.1. The Morgan fingerprint density at radius 3 is 1.27 bits per heavy atom. The molecule has 20 aromatic rings. The standard InChI is InChI=1S/C93H62N4O2/c1-5-29-65-68-44-25-54-78(92(68)98-90(65)58(4)63-40-20-18-30-56(63)2)94(61-36-14-8-15-37-61)74-50-27-52-76-82(74)70-46-23-48-72-84-81(60-34-12-7-13-35-60)89-85(80(59-32-10-6-11-33-59)88(84)96(76)86(70)72)73-49-24-47-71-83-75(51-28-53-77(83)97(89)87(71)73)95(62-38-16-9-17-39-62)79-55-26-45-69-67-43-22-42-66(91(67)99-93(69)79)64-41-21-19-31-57(64)3/h5-55H,4H2,1-3H3/b29-5-. The van der Waals surface area contributed by atoms with Gasteiger partial charge in [-0.05, 0) is 115 Å². The number of aromatic nitrogens is 2. The second-order valence-corrected chi connectivity index (χ2v) is 26.2. The van der Waals surface area contributed by atoms with E-state index in [0.29, 0.717) is 0 Å². The van der Waals surface area contributed by atoms with E-state index in [1.807, 2.05) is 0 Å². The molecule has 0 N–H and O–H groups in total. The summed E-state index contributed by atoms with van der Waals surface area (Å²) in [6.45, 7) is 11.1. The number of anilines is 6. The van der Waals surface area contributed by atoms with Crippen molar-refractivity contribution in [3.8, 4) is 33.4 Å². The van der Waals surface area contributed by atoms with Gasteiger partial charge in [-0.25, -0.2) is 0 Å². The van der Waals surface area contributed by atoms with E-state index in [9.17, 15) is 0 Å². The molecule has 0 saturated carbocycles. The van der Waals surface area contributed by atoms with Crippen LogP contribution in [0.4, 0.5) is 34.1 Å². The lowest BCUT2D eigenvalue weighted by Crippen LogP contribution is -2.10. The largest absolute Gasteiger partial charge is 0.453 e. The third-order valence-electron chi connectivity index (χ3n) is 20.9. The minimum absolute atomic E-state index is 0.758. The van der Waals surface area contributed by atoms with Crippen LogP contribution in [0.2, 0.25) is 0 Å². The van der Waals surface area contributed by atoms with Gasteiger partial charge in [0, 0.05) is 98.5 Å². The lowest BCUT2D eigenvalue weighted by Gasteiger charge is -2.26. The van der Waals surface area contributed by atoms with Gasteiger partial charge in [-0.3, -0.25) is 0 Å². The highest BCUT2D eigenvalue weighted by Gasteiger charge is 2.34. The van der Waals surface area contributed by atoms with Crippen LogP contribution in [0.3, 0.4) is 0 Å². The van der Waals surface area contributed by atoms with Crippen molar-refractivity contribution in [2.24, 2.45) is 0 Å². The molecule has 6 heterocycles. The molecule has 6 heteroatoms. The Kier molecular flexibility index (Phi) is 12.4. The van der Waals surface area contributed by atoms with Crippen molar-refractivity contribution < 1.29 is 8.83 Å². The molecule has 0 bridgehead atoms. The Hall–Kier alpha value is -12.9. The summed E-state index contributed by atoms with van der Waals surface area (Å²) in [4.78, 5) is 4.84. The number of fused-ring (bicyclic) bond motifs is 16. The molecule has 0 saturated heterocycles. The van der Waals surface area contributed by atoms with Crippen LogP contribution in [0.5, 0.6) is 0 Å². The van der Waals surface area contributed by atoms with E-state index in [4.69, 9.17) is 15.4 Å². The first-order chi connectivity index (χ1) is 48.9. The van der Waals surface area contributed by atoms with Gasteiger partial charge in [-0.2, -0.15) is 0 Å². The molecule has 0 fully saturated rings. The highest BCUT2D eigenvalue weighted by molar-refractivity contribution is 6.39. The highest BCUT2D eigenvalue weighted by Crippen LogP contribution is 2.57. The van der Waals surface area contributed by atoms with Gasteiger partial charge in [-0.1, -0.05) is 255 Å². The second kappa shape index (κ2) is 21.8. The molecule has 0 aliphatic heterocycles. The molecule has 0 atom stereocenters. The van der Waals surface area contributed by atoms with E-state index in [-0.39, 0.29) is 0 Å². The number of benzene rings is 14. The van der Waals surface area contributed by atoms with E-state index >= 15 is 0 Å². The summed E-state index contributed by atoms with van der Waals surface area (Å²) in [7, 11) is 0. The fourth-order valence-corrected chi connectivity index (χ4v) is 16.8. The van der Waals surface area contributed by atoms with Crippen LogP contribution in [-0.2, 0) is 0 Å². The van der Waals surface area contributed by atoms with Gasteiger partial charge in [0.25, 0.3) is 0 Å². The summed E-state index contributed by atoms with van der Waals surface area (Å²) in [5, 5.41) is 12.6. The van der Waals surface area contributed by atoms with Gasteiger partial charge < -0.3 is 27.4 Å². The van der Waals surface area contributed by atoms with Gasteiger partial charge in [0.05, 0.1) is 55.8 Å². The summed E-state index contributed by atoms with van der Waals surface area (Å²) in [6.07, 6.45) is 4.26. The molecule has 99 heavy (non-hydrogen) atoms. The minimum atomic E-state index is 0.758. The maximum Gasteiger partial charge on any atom is 0.159 e. The highest BCUT2D eigenvalue weighted by atomic mass is 16.3. The number of rotatable bonds is 12. The molecule has 14 aromatic carbocycles. The van der Waals surface area contributed by atoms with E-state index in [1.54, 1.807) is 0 Å². The topological polar surface area (TPSA) is 41.6 Å². The van der Waals surface area contributed by atoms with Crippen molar-refractivity contribution in [3.05, 3.63) is 338 Å². The molecule has 6 nitrogen and oxygen atoms in total. The molecule has 466 valence electrons. The van der Waals surface area contributed by atoms with Crippen molar-refractivity contribution in [1.82, 2.24) is 8.80 Å². The first kappa shape index (κ1) is 56.4. The zero-order chi connectivity index (χ0) is 65.7. The predicted molar refractivity (Wildman–Crippen MR) is 417 cm³/mol. The summed E-state index contributed by atoms with van der Waals surface area (Å²) in [5.41, 5.74) is 27.6. The van der Waals surface area contributed by atoms with E-state index in [2.05, 4.69) is 349 Å². The molecule has 0 spiro atoms. The molecule has 0 aliphatic carbocycles. The van der Waals surface area contributed by atoms with Crippen LogP contribution in [0.25, 0.3) is 154 Å². The number of aryl methyl sites for hydroxylation is 2. The minimum Gasteiger partial charge on any atom is -0.453 e. The number of furan rings is 2. The van der Waals surface area contributed by atoms with Crippen molar-refractivity contribution in [2.75, 3.05) is 9.80 Å². The molecular formula is C93H62N4O2.